The smallest absolute Gasteiger partial charge is 0.407 e. The van der Waals surface area contributed by atoms with Crippen molar-refractivity contribution in [1.29, 1.82) is 0 Å². The second-order valence-corrected chi connectivity index (χ2v) is 8.70. The van der Waals surface area contributed by atoms with Crippen molar-refractivity contribution in [3.63, 3.8) is 0 Å². The summed E-state index contributed by atoms with van der Waals surface area (Å²) in [6, 6.07) is 7.51. The first-order valence-electron chi connectivity index (χ1n) is 11.3. The fourth-order valence-corrected chi connectivity index (χ4v) is 4.09. The molecular formula is C23H30N4O5. The third kappa shape index (κ3) is 5.77. The molecule has 1 aromatic heterocycles. The van der Waals surface area contributed by atoms with Gasteiger partial charge in [-0.05, 0) is 62.3 Å². The molecule has 2 atom stereocenters. The van der Waals surface area contributed by atoms with Crippen LogP contribution in [0.25, 0.3) is 11.3 Å². The van der Waals surface area contributed by atoms with Crippen LogP contribution in [0.5, 0.6) is 5.75 Å². The van der Waals surface area contributed by atoms with Crippen LogP contribution in [0.3, 0.4) is 0 Å². The number of benzene rings is 1. The van der Waals surface area contributed by atoms with Gasteiger partial charge in [-0.3, -0.25) is 4.79 Å². The van der Waals surface area contributed by atoms with Gasteiger partial charge in [0, 0.05) is 12.6 Å². The van der Waals surface area contributed by atoms with Crippen molar-refractivity contribution in [3.05, 3.63) is 30.0 Å². The first-order valence-corrected chi connectivity index (χ1v) is 11.3. The molecule has 1 amide bonds. The molecule has 2 N–H and O–H groups in total. The summed E-state index contributed by atoms with van der Waals surface area (Å²) >= 11 is 0. The molecule has 2 saturated carbocycles. The van der Waals surface area contributed by atoms with Crippen molar-refractivity contribution >= 4 is 12.1 Å². The van der Waals surface area contributed by atoms with Crippen LogP contribution >= 0.6 is 0 Å². The van der Waals surface area contributed by atoms with Gasteiger partial charge >= 0.3 is 12.1 Å². The highest BCUT2D eigenvalue weighted by atomic mass is 16.5. The van der Waals surface area contributed by atoms with Crippen LogP contribution in [-0.4, -0.2) is 44.9 Å². The summed E-state index contributed by atoms with van der Waals surface area (Å²) in [4.78, 5) is 23.2. The average molecular weight is 443 g/mol. The normalized spacial score (nSPS) is 20.5. The van der Waals surface area contributed by atoms with Crippen LogP contribution in [0.4, 0.5) is 4.79 Å². The topological polar surface area (TPSA) is 116 Å². The van der Waals surface area contributed by atoms with Gasteiger partial charge in [0.2, 0.25) is 0 Å². The molecule has 2 aromatic rings. The van der Waals surface area contributed by atoms with Crippen LogP contribution in [0.2, 0.25) is 0 Å². The zero-order valence-corrected chi connectivity index (χ0v) is 18.3. The van der Waals surface area contributed by atoms with Crippen LogP contribution in [0.15, 0.2) is 24.3 Å². The Bertz CT molecular complexity index is 938. The predicted molar refractivity (Wildman–Crippen MR) is 116 cm³/mol. The van der Waals surface area contributed by atoms with E-state index in [0.717, 1.165) is 36.4 Å². The lowest BCUT2D eigenvalue weighted by atomic mass is 9.87. The Morgan fingerprint density at radius 1 is 1.19 bits per heavy atom. The SMILES string of the molecule is Cn1nnc(-c2ccc(O[C@H]3CCCC(C(=O)O)C3)cc2)c1CNC(=O)OCCC1CC1. The van der Waals surface area contributed by atoms with Crippen molar-refractivity contribution in [2.45, 2.75) is 57.6 Å². The van der Waals surface area contributed by atoms with E-state index in [1.54, 1.807) is 11.7 Å². The molecular weight excluding hydrogens is 412 g/mol. The number of ether oxygens (including phenoxy) is 2. The lowest BCUT2D eigenvalue weighted by molar-refractivity contribution is -0.143. The number of carbonyl (C=O) groups is 2. The van der Waals surface area contributed by atoms with Gasteiger partial charge in [-0.25, -0.2) is 9.48 Å². The predicted octanol–water partition coefficient (Wildman–Crippen LogP) is 3.53. The minimum absolute atomic E-state index is 0.0853. The van der Waals surface area contributed by atoms with E-state index in [1.807, 2.05) is 24.3 Å². The quantitative estimate of drug-likeness (QED) is 0.610. The molecule has 0 aliphatic heterocycles. The van der Waals surface area contributed by atoms with Crippen molar-refractivity contribution in [2.75, 3.05) is 6.61 Å². The Kier molecular flexibility index (Phi) is 6.92. The molecule has 4 rings (SSSR count). The highest BCUT2D eigenvalue weighted by molar-refractivity contribution is 5.70. The summed E-state index contributed by atoms with van der Waals surface area (Å²) in [6.07, 6.45) is 5.86. The molecule has 172 valence electrons. The Labute approximate surface area is 187 Å². The van der Waals surface area contributed by atoms with Crippen molar-refractivity contribution in [1.82, 2.24) is 20.3 Å². The van der Waals surface area contributed by atoms with E-state index < -0.39 is 12.1 Å². The monoisotopic (exact) mass is 442 g/mol. The maximum atomic E-state index is 12.0. The minimum Gasteiger partial charge on any atom is -0.490 e. The highest BCUT2D eigenvalue weighted by Crippen LogP contribution is 2.32. The third-order valence-corrected chi connectivity index (χ3v) is 6.21. The van der Waals surface area contributed by atoms with Crippen LogP contribution in [-0.2, 0) is 23.1 Å². The van der Waals surface area contributed by atoms with Crippen LogP contribution in [0, 0.1) is 11.8 Å². The number of amides is 1. The molecule has 1 heterocycles. The lowest BCUT2D eigenvalue weighted by Crippen LogP contribution is -2.29. The lowest BCUT2D eigenvalue weighted by Gasteiger charge is -2.27. The molecule has 0 saturated heterocycles. The maximum Gasteiger partial charge on any atom is 0.407 e. The number of hydrogen-bond acceptors (Lipinski definition) is 6. The summed E-state index contributed by atoms with van der Waals surface area (Å²) in [5, 5.41) is 20.4. The van der Waals surface area contributed by atoms with E-state index in [2.05, 4.69) is 15.6 Å². The first kappa shape index (κ1) is 22.1. The fraction of sp³-hybridized carbons (Fsp3) is 0.565. The highest BCUT2D eigenvalue weighted by Gasteiger charge is 2.28. The van der Waals surface area contributed by atoms with E-state index in [-0.39, 0.29) is 18.6 Å². The number of hydrogen-bond donors (Lipinski definition) is 2. The van der Waals surface area contributed by atoms with E-state index >= 15 is 0 Å². The second-order valence-electron chi connectivity index (χ2n) is 8.70. The van der Waals surface area contributed by atoms with Crippen LogP contribution < -0.4 is 10.1 Å². The van der Waals surface area contributed by atoms with Gasteiger partial charge in [-0.15, -0.1) is 5.10 Å². The van der Waals surface area contributed by atoms with E-state index in [4.69, 9.17) is 9.47 Å². The number of nitrogens with one attached hydrogen (secondary N) is 1. The van der Waals surface area contributed by atoms with Gasteiger partial charge in [0.25, 0.3) is 0 Å². The van der Waals surface area contributed by atoms with E-state index in [9.17, 15) is 14.7 Å². The van der Waals surface area contributed by atoms with Gasteiger partial charge < -0.3 is 19.9 Å². The average Bonchev–Trinajstić information content (AvgIpc) is 3.54. The van der Waals surface area contributed by atoms with E-state index in [0.29, 0.717) is 30.9 Å². The number of aryl methyl sites for hydroxylation is 1. The molecule has 0 radical (unpaired) electrons. The summed E-state index contributed by atoms with van der Waals surface area (Å²) in [7, 11) is 1.78. The van der Waals surface area contributed by atoms with Crippen molar-refractivity contribution in [3.8, 4) is 17.0 Å². The Hall–Kier alpha value is -3.10. The van der Waals surface area contributed by atoms with Crippen LogP contribution in [0.1, 0.15) is 50.6 Å². The zero-order valence-electron chi connectivity index (χ0n) is 18.3. The second kappa shape index (κ2) is 10.0. The number of alkyl carbamates (subject to hydrolysis) is 1. The largest absolute Gasteiger partial charge is 0.490 e. The minimum atomic E-state index is -0.746. The maximum absolute atomic E-state index is 12.0. The van der Waals surface area contributed by atoms with Crippen molar-refractivity contribution < 1.29 is 24.2 Å². The molecule has 9 nitrogen and oxygen atoms in total. The fourth-order valence-electron chi connectivity index (χ4n) is 4.09. The van der Waals surface area contributed by atoms with Gasteiger partial charge in [0.15, 0.2) is 0 Å². The molecule has 2 aliphatic rings. The summed E-state index contributed by atoms with van der Waals surface area (Å²) in [5.74, 6) is 0.347. The van der Waals surface area contributed by atoms with Gasteiger partial charge in [-0.1, -0.05) is 18.1 Å². The number of aliphatic carboxylic acids is 1. The first-order chi connectivity index (χ1) is 15.5. The summed E-state index contributed by atoms with van der Waals surface area (Å²) in [5.41, 5.74) is 2.31. The van der Waals surface area contributed by atoms with E-state index in [1.165, 1.54) is 12.8 Å². The molecule has 0 spiro atoms. The number of rotatable bonds is 9. The standard InChI is InChI=1S/C23H30N4O5/c1-27-20(14-24-23(30)31-12-11-15-5-6-15)21(25-26-27)16-7-9-18(10-8-16)32-19-4-2-3-17(13-19)22(28)29/h7-10,15,17,19H,2-6,11-14H2,1H3,(H,24,30)(H,28,29)/t17?,19-/m0/s1. The molecule has 9 heteroatoms. The molecule has 2 aliphatic carbocycles. The van der Waals surface area contributed by atoms with Gasteiger partial charge in [-0.2, -0.15) is 0 Å². The molecule has 1 unspecified atom stereocenters. The third-order valence-electron chi connectivity index (χ3n) is 6.21. The number of carboxylic acid groups (broad SMARTS) is 1. The summed E-state index contributed by atoms with van der Waals surface area (Å²) < 4.78 is 12.9. The molecule has 32 heavy (non-hydrogen) atoms. The number of carbonyl (C=O) groups excluding carboxylic acids is 1. The van der Waals surface area contributed by atoms with Gasteiger partial charge in [0.1, 0.15) is 11.4 Å². The number of aromatic nitrogens is 3. The summed E-state index contributed by atoms with van der Waals surface area (Å²) in [6.45, 7) is 0.709. The number of nitrogens with zero attached hydrogens (tertiary/aromatic N) is 3. The number of carboxylic acids is 1. The molecule has 0 bridgehead atoms. The Morgan fingerprint density at radius 2 is 1.97 bits per heavy atom. The zero-order chi connectivity index (χ0) is 22.5. The molecule has 1 aromatic carbocycles. The van der Waals surface area contributed by atoms with Gasteiger partial charge in [0.05, 0.1) is 30.9 Å². The Balaban J connectivity index is 1.33. The van der Waals surface area contributed by atoms with Crippen molar-refractivity contribution in [2.24, 2.45) is 18.9 Å². The Morgan fingerprint density at radius 3 is 2.69 bits per heavy atom. The molecule has 2 fully saturated rings.